The SMILES string of the molecule is O=C(Nc1cn(C2CCC(CN3CCC(O)CC3)CC2)nc1C(F)F)c1cnn2ccc(N3C[C@H]4C[C@@H]3CO4)nc12. The van der Waals surface area contributed by atoms with Crippen molar-refractivity contribution in [3.63, 3.8) is 0 Å². The van der Waals surface area contributed by atoms with Crippen LogP contribution in [0.25, 0.3) is 5.65 Å². The molecule has 3 aliphatic heterocycles. The lowest BCUT2D eigenvalue weighted by molar-refractivity contribution is 0.0687. The molecule has 0 radical (unpaired) electrons. The number of aliphatic hydroxyl groups excluding tert-OH is 1. The maximum Gasteiger partial charge on any atom is 0.284 e. The molecule has 4 aliphatic rings. The highest BCUT2D eigenvalue weighted by Gasteiger charge is 2.40. The van der Waals surface area contributed by atoms with E-state index in [9.17, 15) is 18.7 Å². The van der Waals surface area contributed by atoms with Crippen molar-refractivity contribution in [1.29, 1.82) is 0 Å². The van der Waals surface area contributed by atoms with Gasteiger partial charge < -0.3 is 25.0 Å². The summed E-state index contributed by atoms with van der Waals surface area (Å²) in [5, 5.41) is 20.9. The van der Waals surface area contributed by atoms with Crippen LogP contribution in [0.1, 0.15) is 73.5 Å². The lowest BCUT2D eigenvalue weighted by atomic mass is 9.85. The van der Waals surface area contributed by atoms with Gasteiger partial charge in [-0.15, -0.1) is 0 Å². The Labute approximate surface area is 236 Å². The summed E-state index contributed by atoms with van der Waals surface area (Å²) in [6.07, 6.45) is 8.23. The first-order valence-electron chi connectivity index (χ1n) is 14.7. The number of nitrogens with zero attached hydrogens (tertiary/aromatic N) is 7. The molecular formula is C28H36F2N8O3. The zero-order chi connectivity index (χ0) is 28.1. The molecule has 1 saturated carbocycles. The van der Waals surface area contributed by atoms with Gasteiger partial charge in [0.25, 0.3) is 12.3 Å². The number of rotatable bonds is 7. The van der Waals surface area contributed by atoms with Gasteiger partial charge in [0.15, 0.2) is 11.3 Å². The minimum atomic E-state index is -2.82. The summed E-state index contributed by atoms with van der Waals surface area (Å²) in [5.41, 5.74) is 0.177. The van der Waals surface area contributed by atoms with Gasteiger partial charge in [-0.25, -0.2) is 18.3 Å². The first-order valence-corrected chi connectivity index (χ1v) is 14.7. The van der Waals surface area contributed by atoms with E-state index >= 15 is 0 Å². The zero-order valence-corrected chi connectivity index (χ0v) is 22.9. The summed E-state index contributed by atoms with van der Waals surface area (Å²) in [7, 11) is 0. The van der Waals surface area contributed by atoms with E-state index < -0.39 is 18.0 Å². The second-order valence-electron chi connectivity index (χ2n) is 12.0. The standard InChI is InChI=1S/C28H36F2N8O3/c29-26(30)25-23(15-38(34-25)18-3-1-17(2-4-18)13-35-8-5-20(39)6-9-35)32-28(40)22-12-31-37-10-7-24(33-27(22)37)36-14-21-11-19(36)16-41-21/h7,10,12,15,17-21,26,39H,1-6,8-9,11,13-14,16H2,(H,32,40)/t17?,18?,19-,21-/m1/s1. The lowest BCUT2D eigenvalue weighted by Gasteiger charge is -2.35. The molecule has 0 aromatic carbocycles. The topological polar surface area (TPSA) is 113 Å². The molecule has 2 bridgehead atoms. The summed E-state index contributed by atoms with van der Waals surface area (Å²) in [6, 6.07) is 2.15. The summed E-state index contributed by atoms with van der Waals surface area (Å²) < 4.78 is 36.8. The van der Waals surface area contributed by atoms with Crippen molar-refractivity contribution >= 4 is 23.1 Å². The van der Waals surface area contributed by atoms with E-state index in [1.165, 1.54) is 10.7 Å². The molecule has 0 spiro atoms. The Morgan fingerprint density at radius 2 is 1.95 bits per heavy atom. The highest BCUT2D eigenvalue weighted by Crippen LogP contribution is 2.36. The van der Waals surface area contributed by atoms with Crippen LogP contribution >= 0.6 is 0 Å². The van der Waals surface area contributed by atoms with Crippen molar-refractivity contribution in [2.45, 2.75) is 75.7 Å². The Morgan fingerprint density at radius 1 is 1.15 bits per heavy atom. The molecule has 3 saturated heterocycles. The van der Waals surface area contributed by atoms with Crippen molar-refractivity contribution in [1.82, 2.24) is 29.3 Å². The van der Waals surface area contributed by atoms with Gasteiger partial charge in [0, 0.05) is 38.6 Å². The van der Waals surface area contributed by atoms with Gasteiger partial charge in [0.05, 0.1) is 42.8 Å². The van der Waals surface area contributed by atoms with E-state index in [4.69, 9.17) is 9.72 Å². The van der Waals surface area contributed by atoms with E-state index in [1.54, 1.807) is 17.1 Å². The number of aromatic nitrogens is 5. The highest BCUT2D eigenvalue weighted by atomic mass is 19.3. The molecule has 1 amide bonds. The van der Waals surface area contributed by atoms with Crippen molar-refractivity contribution in [3.05, 3.63) is 35.9 Å². The maximum atomic E-state index is 14.0. The van der Waals surface area contributed by atoms with Crippen molar-refractivity contribution in [3.8, 4) is 0 Å². The number of fused-ring (bicyclic) bond motifs is 3. The molecule has 220 valence electrons. The Hall–Kier alpha value is -3.16. The van der Waals surface area contributed by atoms with Crippen molar-refractivity contribution in [2.24, 2.45) is 5.92 Å². The molecule has 1 aliphatic carbocycles. The minimum absolute atomic E-state index is 0.0126. The molecule has 41 heavy (non-hydrogen) atoms. The van der Waals surface area contributed by atoms with Crippen LogP contribution in [0.3, 0.4) is 0 Å². The van der Waals surface area contributed by atoms with Crippen LogP contribution < -0.4 is 10.2 Å². The lowest BCUT2D eigenvalue weighted by Crippen LogP contribution is -2.39. The molecular weight excluding hydrogens is 534 g/mol. The van der Waals surface area contributed by atoms with Crippen LogP contribution in [0, 0.1) is 5.92 Å². The minimum Gasteiger partial charge on any atom is -0.393 e. The van der Waals surface area contributed by atoms with Crippen LogP contribution in [0.4, 0.5) is 20.3 Å². The number of amides is 1. The van der Waals surface area contributed by atoms with Crippen LogP contribution in [-0.2, 0) is 4.74 Å². The largest absolute Gasteiger partial charge is 0.393 e. The second kappa shape index (κ2) is 10.9. The number of nitrogens with one attached hydrogen (secondary N) is 1. The number of carbonyl (C=O) groups excluding carboxylic acids is 1. The summed E-state index contributed by atoms with van der Waals surface area (Å²) >= 11 is 0. The summed E-state index contributed by atoms with van der Waals surface area (Å²) in [6.45, 7) is 4.29. The van der Waals surface area contributed by atoms with Gasteiger partial charge in [0.2, 0.25) is 0 Å². The van der Waals surface area contributed by atoms with Gasteiger partial charge in [-0.3, -0.25) is 9.48 Å². The number of hydrogen-bond acceptors (Lipinski definition) is 8. The van der Waals surface area contributed by atoms with Crippen LogP contribution in [0.2, 0.25) is 0 Å². The van der Waals surface area contributed by atoms with Crippen LogP contribution in [0.15, 0.2) is 24.7 Å². The first-order chi connectivity index (χ1) is 19.9. The average molecular weight is 571 g/mol. The van der Waals surface area contributed by atoms with E-state index in [1.807, 2.05) is 6.07 Å². The number of likely N-dealkylation sites (tertiary alicyclic amines) is 1. The molecule has 2 N–H and O–H groups in total. The molecule has 3 aromatic heterocycles. The maximum absolute atomic E-state index is 14.0. The Morgan fingerprint density at radius 3 is 2.66 bits per heavy atom. The summed E-state index contributed by atoms with van der Waals surface area (Å²) in [4.78, 5) is 22.6. The van der Waals surface area contributed by atoms with E-state index in [2.05, 4.69) is 25.3 Å². The number of morpholine rings is 1. The molecule has 2 atom stereocenters. The van der Waals surface area contributed by atoms with Gasteiger partial charge in [-0.05, 0) is 56.9 Å². The number of aliphatic hydroxyl groups is 1. The average Bonchev–Trinajstić information content (AvgIpc) is 3.78. The fourth-order valence-corrected chi connectivity index (χ4v) is 6.96. The number of halogens is 2. The van der Waals surface area contributed by atoms with Gasteiger partial charge in [-0.2, -0.15) is 10.2 Å². The third-order valence-corrected chi connectivity index (χ3v) is 9.27. The molecule has 11 nitrogen and oxygen atoms in total. The predicted octanol–water partition coefficient (Wildman–Crippen LogP) is 3.28. The van der Waals surface area contributed by atoms with Gasteiger partial charge in [0.1, 0.15) is 11.4 Å². The van der Waals surface area contributed by atoms with Crippen LogP contribution in [-0.4, -0.2) is 91.3 Å². The Bertz CT molecular complexity index is 1400. The summed E-state index contributed by atoms with van der Waals surface area (Å²) in [5.74, 6) is 0.757. The number of carbonyl (C=O) groups is 1. The monoisotopic (exact) mass is 570 g/mol. The van der Waals surface area contributed by atoms with E-state index in [0.29, 0.717) is 18.2 Å². The smallest absolute Gasteiger partial charge is 0.284 e. The van der Waals surface area contributed by atoms with E-state index in [0.717, 1.165) is 76.9 Å². The second-order valence-corrected chi connectivity index (χ2v) is 12.0. The number of piperidine rings is 1. The molecule has 4 fully saturated rings. The fraction of sp³-hybridized carbons (Fsp3) is 0.643. The normalized spacial score (nSPS) is 27.4. The quantitative estimate of drug-likeness (QED) is 0.445. The van der Waals surface area contributed by atoms with E-state index in [-0.39, 0.29) is 35.5 Å². The van der Waals surface area contributed by atoms with Crippen molar-refractivity contribution < 1.29 is 23.4 Å². The van der Waals surface area contributed by atoms with Crippen molar-refractivity contribution in [2.75, 3.05) is 43.0 Å². The number of ether oxygens (including phenoxy) is 1. The van der Waals surface area contributed by atoms with Crippen LogP contribution in [0.5, 0.6) is 0 Å². The predicted molar refractivity (Wildman–Crippen MR) is 146 cm³/mol. The Kier molecular flexibility index (Phi) is 7.11. The molecule has 0 unspecified atom stereocenters. The molecule has 7 rings (SSSR count). The third-order valence-electron chi connectivity index (χ3n) is 9.27. The Balaban J connectivity index is 1.03. The zero-order valence-electron chi connectivity index (χ0n) is 22.9. The number of alkyl halides is 2. The third kappa shape index (κ3) is 5.30. The molecule has 6 heterocycles. The highest BCUT2D eigenvalue weighted by molar-refractivity contribution is 6.08. The molecule has 13 heteroatoms. The molecule has 3 aromatic rings. The number of anilines is 2. The first kappa shape index (κ1) is 26.7. The van der Waals surface area contributed by atoms with Gasteiger partial charge >= 0.3 is 0 Å². The fourth-order valence-electron chi connectivity index (χ4n) is 6.96. The van der Waals surface area contributed by atoms with Gasteiger partial charge in [-0.1, -0.05) is 0 Å². The number of hydrogen-bond donors (Lipinski definition) is 2.